The second kappa shape index (κ2) is 3.16. The average molecular weight is 224 g/mol. The zero-order valence-corrected chi connectivity index (χ0v) is 7.15. The van der Waals surface area contributed by atoms with E-state index in [0.29, 0.717) is 11.1 Å². The van der Waals surface area contributed by atoms with E-state index < -0.39 is 5.24 Å². The Morgan fingerprint density at radius 1 is 1.90 bits per heavy atom. The summed E-state index contributed by atoms with van der Waals surface area (Å²) in [6.07, 6.45) is 0. The summed E-state index contributed by atoms with van der Waals surface area (Å²) in [5.74, 6) is 0.587. The fraction of sp³-hybridized carbons (Fsp3) is 0.200. The van der Waals surface area contributed by atoms with E-state index in [9.17, 15) is 4.79 Å². The Labute approximate surface area is 70.5 Å². The Bertz CT molecular complexity index is 248. The predicted octanol–water partition coefficient (Wildman–Crippen LogP) is 1.95. The predicted molar refractivity (Wildman–Crippen MR) is 39.3 cm³/mol. The van der Waals surface area contributed by atoms with Crippen LogP contribution in [0, 0.1) is 0 Å². The van der Waals surface area contributed by atoms with Gasteiger partial charge in [0.15, 0.2) is 5.69 Å². The molecule has 1 heterocycles. The van der Waals surface area contributed by atoms with Gasteiger partial charge in [0.05, 0.1) is 5.33 Å². The highest BCUT2D eigenvalue weighted by atomic mass is 79.9. The number of nitrogens with zero attached hydrogens (tertiary/aromatic N) is 1. The van der Waals surface area contributed by atoms with Crippen LogP contribution in [0.2, 0.25) is 0 Å². The van der Waals surface area contributed by atoms with Gasteiger partial charge in [-0.3, -0.25) is 4.79 Å². The van der Waals surface area contributed by atoms with Gasteiger partial charge in [0.2, 0.25) is 0 Å². The van der Waals surface area contributed by atoms with E-state index in [1.54, 1.807) is 0 Å². The second-order valence-corrected chi connectivity index (χ2v) is 2.49. The lowest BCUT2D eigenvalue weighted by atomic mass is 10.4. The highest BCUT2D eigenvalue weighted by Crippen LogP contribution is 2.08. The van der Waals surface area contributed by atoms with Crippen LogP contribution in [0.15, 0.2) is 10.6 Å². The molecule has 0 aliphatic heterocycles. The maximum Gasteiger partial charge on any atom is 0.274 e. The number of hydrogen-bond acceptors (Lipinski definition) is 3. The smallest absolute Gasteiger partial charge is 0.274 e. The normalized spacial score (nSPS) is 9.80. The van der Waals surface area contributed by atoms with E-state index in [0.717, 1.165) is 0 Å². The maximum absolute atomic E-state index is 10.4. The SMILES string of the molecule is O=C(Cl)c1cc(CBr)on1. The van der Waals surface area contributed by atoms with E-state index in [4.69, 9.17) is 11.6 Å². The van der Waals surface area contributed by atoms with Crippen molar-refractivity contribution in [3.05, 3.63) is 17.5 Å². The fourth-order valence-corrected chi connectivity index (χ4v) is 0.822. The van der Waals surface area contributed by atoms with Crippen LogP contribution in [0.5, 0.6) is 0 Å². The summed E-state index contributed by atoms with van der Waals surface area (Å²) in [5.41, 5.74) is 0.149. The van der Waals surface area contributed by atoms with Crippen molar-refractivity contribution in [3.63, 3.8) is 0 Å². The van der Waals surface area contributed by atoms with Gasteiger partial charge in [-0.25, -0.2) is 0 Å². The summed E-state index contributed by atoms with van der Waals surface area (Å²) in [5, 5.41) is 3.33. The molecular formula is C5H3BrClNO2. The topological polar surface area (TPSA) is 43.1 Å². The van der Waals surface area contributed by atoms with Crippen LogP contribution in [0.3, 0.4) is 0 Å². The van der Waals surface area contributed by atoms with Gasteiger partial charge in [0, 0.05) is 6.07 Å². The molecule has 54 valence electrons. The molecule has 1 aromatic heterocycles. The lowest BCUT2D eigenvalue weighted by Gasteiger charge is -1.75. The van der Waals surface area contributed by atoms with Gasteiger partial charge in [-0.2, -0.15) is 0 Å². The average Bonchev–Trinajstić information content (AvgIpc) is 2.34. The van der Waals surface area contributed by atoms with E-state index in [-0.39, 0.29) is 5.69 Å². The largest absolute Gasteiger partial charge is 0.360 e. The zero-order chi connectivity index (χ0) is 7.56. The first kappa shape index (κ1) is 7.75. The van der Waals surface area contributed by atoms with Crippen LogP contribution in [0.4, 0.5) is 0 Å². The van der Waals surface area contributed by atoms with E-state index >= 15 is 0 Å². The maximum atomic E-state index is 10.4. The van der Waals surface area contributed by atoms with Crippen molar-refractivity contribution in [1.29, 1.82) is 0 Å². The molecule has 0 spiro atoms. The molecule has 10 heavy (non-hydrogen) atoms. The Morgan fingerprint density at radius 2 is 2.60 bits per heavy atom. The van der Waals surface area contributed by atoms with Crippen LogP contribution in [0.25, 0.3) is 0 Å². The molecule has 0 aromatic carbocycles. The van der Waals surface area contributed by atoms with Crippen LogP contribution in [0.1, 0.15) is 16.2 Å². The summed E-state index contributed by atoms with van der Waals surface area (Å²) in [6.45, 7) is 0. The molecule has 0 saturated carbocycles. The van der Waals surface area contributed by atoms with Gasteiger partial charge in [-0.1, -0.05) is 21.1 Å². The summed E-state index contributed by atoms with van der Waals surface area (Å²) < 4.78 is 4.67. The molecule has 5 heteroatoms. The molecule has 0 fully saturated rings. The number of carbonyl (C=O) groups is 1. The Morgan fingerprint density at radius 3 is 2.90 bits per heavy atom. The summed E-state index contributed by atoms with van der Waals surface area (Å²) in [6, 6.07) is 1.49. The second-order valence-electron chi connectivity index (χ2n) is 1.59. The molecule has 0 aliphatic rings. The van der Waals surface area contributed by atoms with Crippen LogP contribution >= 0.6 is 27.5 Å². The first-order valence-corrected chi connectivity index (χ1v) is 3.95. The first-order valence-electron chi connectivity index (χ1n) is 2.45. The van der Waals surface area contributed by atoms with Gasteiger partial charge >= 0.3 is 0 Å². The van der Waals surface area contributed by atoms with Crippen molar-refractivity contribution in [1.82, 2.24) is 5.16 Å². The number of hydrogen-bond donors (Lipinski definition) is 0. The number of carbonyl (C=O) groups excluding carboxylic acids is 1. The lowest BCUT2D eigenvalue weighted by Crippen LogP contribution is -1.85. The van der Waals surface area contributed by atoms with E-state index in [1.807, 2.05) is 0 Å². The van der Waals surface area contributed by atoms with Crippen LogP contribution in [-0.2, 0) is 5.33 Å². The van der Waals surface area contributed by atoms with E-state index in [1.165, 1.54) is 6.07 Å². The molecule has 0 amide bonds. The highest BCUT2D eigenvalue weighted by molar-refractivity contribution is 9.08. The molecule has 0 radical (unpaired) electrons. The number of rotatable bonds is 2. The molecule has 0 aliphatic carbocycles. The molecule has 0 N–H and O–H groups in total. The zero-order valence-electron chi connectivity index (χ0n) is 4.80. The quantitative estimate of drug-likeness (QED) is 0.570. The minimum Gasteiger partial charge on any atom is -0.360 e. The molecular weight excluding hydrogens is 221 g/mol. The van der Waals surface area contributed by atoms with Crippen molar-refractivity contribution in [3.8, 4) is 0 Å². The monoisotopic (exact) mass is 223 g/mol. The molecule has 1 aromatic rings. The van der Waals surface area contributed by atoms with Gasteiger partial charge in [-0.15, -0.1) is 0 Å². The third-order valence-corrected chi connectivity index (χ3v) is 1.64. The first-order chi connectivity index (χ1) is 4.74. The summed E-state index contributed by atoms with van der Waals surface area (Å²) in [4.78, 5) is 10.4. The van der Waals surface area contributed by atoms with Crippen molar-refractivity contribution in [2.75, 3.05) is 0 Å². The van der Waals surface area contributed by atoms with Crippen molar-refractivity contribution < 1.29 is 9.32 Å². The van der Waals surface area contributed by atoms with Gasteiger partial charge in [0.25, 0.3) is 5.24 Å². The molecule has 0 atom stereocenters. The minimum atomic E-state index is -0.601. The van der Waals surface area contributed by atoms with E-state index in [2.05, 4.69) is 25.6 Å². The highest BCUT2D eigenvalue weighted by Gasteiger charge is 2.07. The number of alkyl halides is 1. The van der Waals surface area contributed by atoms with Gasteiger partial charge < -0.3 is 4.52 Å². The Hall–Kier alpha value is -0.350. The van der Waals surface area contributed by atoms with Crippen LogP contribution in [-0.4, -0.2) is 10.4 Å². The Balaban J connectivity index is 2.88. The molecule has 0 unspecified atom stereocenters. The molecule has 0 saturated heterocycles. The minimum absolute atomic E-state index is 0.149. The Kier molecular flexibility index (Phi) is 2.45. The molecule has 1 rings (SSSR count). The lowest BCUT2D eigenvalue weighted by molar-refractivity contribution is 0.107. The third-order valence-electron chi connectivity index (χ3n) is 0.892. The van der Waals surface area contributed by atoms with Crippen molar-refractivity contribution in [2.24, 2.45) is 0 Å². The summed E-state index contributed by atoms with van der Waals surface area (Å²) in [7, 11) is 0. The standard InChI is InChI=1S/C5H3BrClNO2/c6-2-3-1-4(5(7)9)8-10-3/h1H,2H2. The molecule has 3 nitrogen and oxygen atoms in total. The number of halogens is 2. The fourth-order valence-electron chi connectivity index (χ4n) is 0.469. The van der Waals surface area contributed by atoms with Crippen molar-refractivity contribution in [2.45, 2.75) is 5.33 Å². The number of aromatic nitrogens is 1. The summed E-state index contributed by atoms with van der Waals surface area (Å²) >= 11 is 8.23. The van der Waals surface area contributed by atoms with Gasteiger partial charge in [-0.05, 0) is 11.6 Å². The third kappa shape index (κ3) is 1.58. The van der Waals surface area contributed by atoms with Crippen molar-refractivity contribution >= 4 is 32.8 Å². The molecule has 0 bridgehead atoms. The van der Waals surface area contributed by atoms with Crippen LogP contribution < -0.4 is 0 Å². The van der Waals surface area contributed by atoms with Gasteiger partial charge in [0.1, 0.15) is 5.76 Å².